The molecule has 0 aliphatic heterocycles. The van der Waals surface area contributed by atoms with Gasteiger partial charge < -0.3 is 20.1 Å². The Morgan fingerprint density at radius 2 is 1.51 bits per heavy atom. The van der Waals surface area contributed by atoms with Crippen molar-refractivity contribution in [2.75, 3.05) is 24.7 Å². The second kappa shape index (κ2) is 12.3. The van der Waals surface area contributed by atoms with Gasteiger partial charge >= 0.3 is 6.18 Å². The minimum absolute atomic E-state index is 0.0837. The van der Waals surface area contributed by atoms with Crippen molar-refractivity contribution in [2.24, 2.45) is 5.73 Å². The molecule has 9 heteroatoms. The van der Waals surface area contributed by atoms with Crippen molar-refractivity contribution in [1.82, 2.24) is 0 Å². The summed E-state index contributed by atoms with van der Waals surface area (Å²) in [5, 5.41) is 0. The lowest BCUT2D eigenvalue weighted by atomic mass is 9.96. The van der Waals surface area contributed by atoms with Crippen molar-refractivity contribution in [2.45, 2.75) is 32.4 Å². The summed E-state index contributed by atoms with van der Waals surface area (Å²) in [7, 11) is 0. The molecule has 0 aliphatic carbocycles. The minimum atomic E-state index is -4.44. The smallest absolute Gasteiger partial charge is 0.416 e. The van der Waals surface area contributed by atoms with Crippen LogP contribution < -0.4 is 20.1 Å². The Hall–Kier alpha value is -4.01. The van der Waals surface area contributed by atoms with Crippen LogP contribution in [0.3, 0.4) is 0 Å². The van der Waals surface area contributed by atoms with E-state index in [-0.39, 0.29) is 13.0 Å². The van der Waals surface area contributed by atoms with Crippen LogP contribution in [0, 0.1) is 0 Å². The van der Waals surface area contributed by atoms with E-state index >= 15 is 0 Å². The third-order valence-electron chi connectivity index (χ3n) is 5.67. The molecule has 196 valence electrons. The molecule has 2 amide bonds. The average Bonchev–Trinajstić information content (AvgIpc) is 2.86. The molecular weight excluding hydrogens is 485 g/mol. The van der Waals surface area contributed by atoms with Crippen molar-refractivity contribution >= 4 is 17.5 Å². The number of nitrogens with zero attached hydrogens (tertiary/aromatic N) is 1. The molecule has 37 heavy (non-hydrogen) atoms. The zero-order valence-corrected chi connectivity index (χ0v) is 20.6. The van der Waals surface area contributed by atoms with Crippen LogP contribution in [-0.4, -0.2) is 31.6 Å². The quantitative estimate of drug-likeness (QED) is 0.350. The van der Waals surface area contributed by atoms with E-state index in [0.29, 0.717) is 41.5 Å². The molecule has 3 aromatic rings. The van der Waals surface area contributed by atoms with Gasteiger partial charge in [-0.2, -0.15) is 13.2 Å². The van der Waals surface area contributed by atoms with Crippen LogP contribution in [0.5, 0.6) is 11.5 Å². The second-order valence-corrected chi connectivity index (χ2v) is 8.18. The Morgan fingerprint density at radius 3 is 2.08 bits per heavy atom. The van der Waals surface area contributed by atoms with Crippen LogP contribution in [0.2, 0.25) is 0 Å². The van der Waals surface area contributed by atoms with Gasteiger partial charge in [0.15, 0.2) is 11.5 Å². The molecule has 1 atom stereocenters. The molecule has 0 aromatic heterocycles. The van der Waals surface area contributed by atoms with Gasteiger partial charge in [-0.3, -0.25) is 9.59 Å². The van der Waals surface area contributed by atoms with Crippen molar-refractivity contribution in [3.05, 3.63) is 89.5 Å². The topological polar surface area (TPSA) is 81.9 Å². The molecule has 3 aromatic carbocycles. The fourth-order valence-corrected chi connectivity index (χ4v) is 3.91. The van der Waals surface area contributed by atoms with E-state index in [1.54, 1.807) is 48.5 Å². The van der Waals surface area contributed by atoms with Crippen LogP contribution in [-0.2, 0) is 22.2 Å². The van der Waals surface area contributed by atoms with Crippen LogP contribution in [0.15, 0.2) is 72.8 Å². The second-order valence-electron chi connectivity index (χ2n) is 8.18. The van der Waals surface area contributed by atoms with E-state index < -0.39 is 29.5 Å². The van der Waals surface area contributed by atoms with Gasteiger partial charge in [0.25, 0.3) is 0 Å². The van der Waals surface area contributed by atoms with E-state index in [9.17, 15) is 22.8 Å². The molecule has 0 radical (unpaired) electrons. The number of rotatable bonds is 11. The Labute approximate surface area is 213 Å². The summed E-state index contributed by atoms with van der Waals surface area (Å²) in [6.07, 6.45) is -4.20. The summed E-state index contributed by atoms with van der Waals surface area (Å²) < 4.78 is 50.2. The minimum Gasteiger partial charge on any atom is -0.490 e. The monoisotopic (exact) mass is 514 g/mol. The zero-order valence-electron chi connectivity index (χ0n) is 20.6. The summed E-state index contributed by atoms with van der Waals surface area (Å²) in [6, 6.07) is 18.2. The van der Waals surface area contributed by atoms with Crippen LogP contribution in [0.4, 0.5) is 18.9 Å². The van der Waals surface area contributed by atoms with E-state index in [1.807, 2.05) is 13.8 Å². The first-order chi connectivity index (χ1) is 17.7. The molecule has 3 rings (SSSR count). The number of ether oxygens (including phenoxy) is 2. The number of hydrogen-bond acceptors (Lipinski definition) is 4. The van der Waals surface area contributed by atoms with Gasteiger partial charge in [0.2, 0.25) is 11.8 Å². The number of anilines is 1. The first-order valence-corrected chi connectivity index (χ1v) is 11.9. The first-order valence-electron chi connectivity index (χ1n) is 11.9. The van der Waals surface area contributed by atoms with Crippen LogP contribution in [0.25, 0.3) is 0 Å². The third kappa shape index (κ3) is 7.03. The lowest BCUT2D eigenvalue weighted by molar-refractivity contribution is -0.137. The number of carbonyl (C=O) groups is 2. The van der Waals surface area contributed by atoms with E-state index in [0.717, 1.165) is 12.1 Å². The van der Waals surface area contributed by atoms with Crippen molar-refractivity contribution in [1.29, 1.82) is 0 Å². The van der Waals surface area contributed by atoms with Gasteiger partial charge in [0.05, 0.1) is 18.8 Å². The molecule has 0 bridgehead atoms. The maximum absolute atomic E-state index is 13.8. The Bertz CT molecular complexity index is 1200. The number of hydrogen-bond donors (Lipinski definition) is 1. The van der Waals surface area contributed by atoms with Crippen LogP contribution >= 0.6 is 0 Å². The Kier molecular flexibility index (Phi) is 9.16. The SMILES string of the molecule is CCOc1ccc(N(CCc2ccc(C(F)(F)F)cc2)C(=O)C(C(N)=O)c2ccccc2)cc1OCC. The number of nitrogens with two attached hydrogens (primary N) is 1. The molecule has 0 saturated heterocycles. The van der Waals surface area contributed by atoms with Gasteiger partial charge in [-0.15, -0.1) is 0 Å². The van der Waals surface area contributed by atoms with Gasteiger partial charge in [0, 0.05) is 18.3 Å². The molecule has 0 fully saturated rings. The van der Waals surface area contributed by atoms with Gasteiger partial charge in [0.1, 0.15) is 5.92 Å². The molecule has 1 unspecified atom stereocenters. The van der Waals surface area contributed by atoms with Crippen molar-refractivity contribution in [3.63, 3.8) is 0 Å². The van der Waals surface area contributed by atoms with Gasteiger partial charge in [-0.25, -0.2) is 0 Å². The molecule has 0 aliphatic rings. The van der Waals surface area contributed by atoms with Crippen molar-refractivity contribution in [3.8, 4) is 11.5 Å². The Morgan fingerprint density at radius 1 is 0.892 bits per heavy atom. The first kappa shape index (κ1) is 27.6. The highest BCUT2D eigenvalue weighted by Crippen LogP contribution is 2.34. The van der Waals surface area contributed by atoms with Gasteiger partial charge in [-0.05, 0) is 55.7 Å². The summed E-state index contributed by atoms with van der Waals surface area (Å²) in [4.78, 5) is 27.6. The maximum Gasteiger partial charge on any atom is 0.416 e. The highest BCUT2D eigenvalue weighted by molar-refractivity contribution is 6.11. The zero-order chi connectivity index (χ0) is 27.0. The average molecular weight is 515 g/mol. The summed E-state index contributed by atoms with van der Waals surface area (Å²) in [5.41, 5.74) is 6.37. The van der Waals surface area contributed by atoms with Gasteiger partial charge in [-0.1, -0.05) is 42.5 Å². The number of halogens is 3. The summed E-state index contributed by atoms with van der Waals surface area (Å²) >= 11 is 0. The summed E-state index contributed by atoms with van der Waals surface area (Å²) in [6.45, 7) is 4.50. The fourth-order valence-electron chi connectivity index (χ4n) is 3.91. The third-order valence-corrected chi connectivity index (χ3v) is 5.67. The number of amides is 2. The van der Waals surface area contributed by atoms with E-state index in [1.165, 1.54) is 17.0 Å². The number of alkyl halides is 3. The molecule has 0 spiro atoms. The van der Waals surface area contributed by atoms with E-state index in [2.05, 4.69) is 0 Å². The highest BCUT2D eigenvalue weighted by atomic mass is 19.4. The number of benzene rings is 3. The predicted molar refractivity (Wildman–Crippen MR) is 135 cm³/mol. The largest absolute Gasteiger partial charge is 0.490 e. The molecular formula is C28H29F3N2O4. The maximum atomic E-state index is 13.8. The molecule has 0 heterocycles. The number of primary amides is 1. The number of carbonyl (C=O) groups excluding carboxylic acids is 2. The standard InChI is InChI=1S/C28H29F3N2O4/c1-3-36-23-15-14-22(18-24(23)37-4-2)33(17-16-19-10-12-21(13-11-19)28(29,30)31)27(35)25(26(32)34)20-8-6-5-7-9-20/h5-15,18,25H,3-4,16-17H2,1-2H3,(H2,32,34). The lowest BCUT2D eigenvalue weighted by Gasteiger charge is -2.27. The highest BCUT2D eigenvalue weighted by Gasteiger charge is 2.32. The lowest BCUT2D eigenvalue weighted by Crippen LogP contribution is -2.41. The molecule has 0 saturated carbocycles. The van der Waals surface area contributed by atoms with Crippen LogP contribution in [0.1, 0.15) is 36.5 Å². The Balaban J connectivity index is 1.99. The van der Waals surface area contributed by atoms with Crippen molar-refractivity contribution < 1.29 is 32.2 Å². The summed E-state index contributed by atoms with van der Waals surface area (Å²) in [5.74, 6) is -1.71. The molecule has 6 nitrogen and oxygen atoms in total. The predicted octanol–water partition coefficient (Wildman–Crippen LogP) is 5.35. The fraction of sp³-hybridized carbons (Fsp3) is 0.286. The molecule has 2 N–H and O–H groups in total. The normalized spacial score (nSPS) is 12.0. The van der Waals surface area contributed by atoms with E-state index in [4.69, 9.17) is 15.2 Å².